The fourth-order valence-electron chi connectivity index (χ4n) is 2.03. The fourth-order valence-corrected chi connectivity index (χ4v) is 2.03. The summed E-state index contributed by atoms with van der Waals surface area (Å²) in [7, 11) is 1.69. The van der Waals surface area contributed by atoms with E-state index < -0.39 is 0 Å². The Morgan fingerprint density at radius 2 is 2.06 bits per heavy atom. The van der Waals surface area contributed by atoms with Crippen molar-refractivity contribution in [1.29, 1.82) is 0 Å². The van der Waals surface area contributed by atoms with Gasteiger partial charge in [-0.15, -0.1) is 0 Å². The summed E-state index contributed by atoms with van der Waals surface area (Å²) in [6, 6.07) is 6.04. The van der Waals surface area contributed by atoms with Crippen molar-refractivity contribution in [3.8, 4) is 5.75 Å². The summed E-state index contributed by atoms with van der Waals surface area (Å²) >= 11 is 0. The van der Waals surface area contributed by atoms with Gasteiger partial charge < -0.3 is 10.5 Å². The smallest absolute Gasteiger partial charge is 0.122 e. The molecule has 0 atom stereocenters. The molecule has 0 aliphatic heterocycles. The second-order valence-corrected chi connectivity index (χ2v) is 5.01. The number of nitrogens with zero attached hydrogens (tertiary/aromatic N) is 1. The summed E-state index contributed by atoms with van der Waals surface area (Å²) in [5, 5.41) is 2.28. The number of benzene rings is 1. The number of pyridine rings is 1. The van der Waals surface area contributed by atoms with Crippen molar-refractivity contribution < 1.29 is 4.74 Å². The highest BCUT2D eigenvalue weighted by Gasteiger charge is 2.17. The predicted molar refractivity (Wildman–Crippen MR) is 70.3 cm³/mol. The zero-order valence-electron chi connectivity index (χ0n) is 10.5. The molecule has 3 heteroatoms. The van der Waals surface area contributed by atoms with Gasteiger partial charge in [-0.2, -0.15) is 0 Å². The third-order valence-electron chi connectivity index (χ3n) is 2.74. The molecule has 2 rings (SSSR count). The zero-order chi connectivity index (χ0) is 12.5. The van der Waals surface area contributed by atoms with E-state index >= 15 is 0 Å². The van der Waals surface area contributed by atoms with Gasteiger partial charge in [0.2, 0.25) is 0 Å². The van der Waals surface area contributed by atoms with Crippen LogP contribution in [-0.4, -0.2) is 17.6 Å². The van der Waals surface area contributed by atoms with Gasteiger partial charge in [-0.25, -0.2) is 0 Å². The van der Waals surface area contributed by atoms with Gasteiger partial charge in [0.15, 0.2) is 0 Å². The molecule has 2 N–H and O–H groups in total. The van der Waals surface area contributed by atoms with Crippen molar-refractivity contribution in [1.82, 2.24) is 4.98 Å². The van der Waals surface area contributed by atoms with Crippen molar-refractivity contribution in [2.45, 2.75) is 25.8 Å². The Balaban J connectivity index is 2.63. The van der Waals surface area contributed by atoms with Gasteiger partial charge in [-0.05, 0) is 37.8 Å². The van der Waals surface area contributed by atoms with Crippen molar-refractivity contribution in [2.75, 3.05) is 7.11 Å². The Labute approximate surface area is 102 Å². The van der Waals surface area contributed by atoms with Crippen LogP contribution in [0.2, 0.25) is 0 Å². The molecule has 0 bridgehead atoms. The topological polar surface area (TPSA) is 48.1 Å². The third-order valence-corrected chi connectivity index (χ3v) is 2.74. The SMILES string of the molecule is COc1ccc2ccncc2c1CC(C)(C)N. The van der Waals surface area contributed by atoms with Crippen molar-refractivity contribution >= 4 is 10.8 Å². The van der Waals surface area contributed by atoms with E-state index in [1.807, 2.05) is 38.2 Å². The summed E-state index contributed by atoms with van der Waals surface area (Å²) in [5.74, 6) is 0.879. The molecule has 17 heavy (non-hydrogen) atoms. The Morgan fingerprint density at radius 3 is 2.71 bits per heavy atom. The molecule has 0 aliphatic carbocycles. The Hall–Kier alpha value is -1.61. The van der Waals surface area contributed by atoms with E-state index in [1.165, 1.54) is 5.39 Å². The van der Waals surface area contributed by atoms with Gasteiger partial charge >= 0.3 is 0 Å². The van der Waals surface area contributed by atoms with Crippen LogP contribution in [-0.2, 0) is 6.42 Å². The first-order valence-corrected chi connectivity index (χ1v) is 5.70. The van der Waals surface area contributed by atoms with Gasteiger partial charge in [0.1, 0.15) is 5.75 Å². The minimum atomic E-state index is -0.266. The second-order valence-electron chi connectivity index (χ2n) is 5.01. The zero-order valence-corrected chi connectivity index (χ0v) is 10.5. The average Bonchev–Trinajstić information content (AvgIpc) is 2.28. The number of hydrogen-bond donors (Lipinski definition) is 1. The lowest BCUT2D eigenvalue weighted by atomic mass is 9.92. The van der Waals surface area contributed by atoms with Crippen LogP contribution in [0.25, 0.3) is 10.8 Å². The molecule has 0 radical (unpaired) electrons. The highest BCUT2D eigenvalue weighted by molar-refractivity contribution is 5.87. The van der Waals surface area contributed by atoms with E-state index in [-0.39, 0.29) is 5.54 Å². The second kappa shape index (κ2) is 4.34. The van der Waals surface area contributed by atoms with E-state index in [9.17, 15) is 0 Å². The van der Waals surface area contributed by atoms with Gasteiger partial charge in [0.05, 0.1) is 7.11 Å². The van der Waals surface area contributed by atoms with Crippen LogP contribution in [0, 0.1) is 0 Å². The molecule has 0 unspecified atom stereocenters. The molecule has 0 amide bonds. The van der Waals surface area contributed by atoms with Crippen LogP contribution in [0.4, 0.5) is 0 Å². The first-order chi connectivity index (χ1) is 8.01. The Kier molecular flexibility index (Phi) is 3.03. The number of rotatable bonds is 3. The Morgan fingerprint density at radius 1 is 1.29 bits per heavy atom. The number of fused-ring (bicyclic) bond motifs is 1. The van der Waals surface area contributed by atoms with Crippen LogP contribution in [0.5, 0.6) is 5.75 Å². The van der Waals surface area contributed by atoms with E-state index in [4.69, 9.17) is 10.5 Å². The Bertz CT molecular complexity index is 529. The summed E-state index contributed by atoms with van der Waals surface area (Å²) in [5.41, 5.74) is 6.97. The largest absolute Gasteiger partial charge is 0.496 e. The summed E-state index contributed by atoms with van der Waals surface area (Å²) in [6.07, 6.45) is 4.43. The standard InChI is InChI=1S/C14H18N2O/c1-14(2,15)8-11-12-9-16-7-6-10(12)4-5-13(11)17-3/h4-7,9H,8,15H2,1-3H3. The highest BCUT2D eigenvalue weighted by Crippen LogP contribution is 2.29. The molecule has 0 aliphatic rings. The number of nitrogens with two attached hydrogens (primary N) is 1. The van der Waals surface area contributed by atoms with Crippen LogP contribution in [0.1, 0.15) is 19.4 Å². The molecule has 0 spiro atoms. The number of ether oxygens (including phenoxy) is 1. The van der Waals surface area contributed by atoms with E-state index in [1.54, 1.807) is 13.3 Å². The molecule has 0 saturated heterocycles. The fraction of sp³-hybridized carbons (Fsp3) is 0.357. The van der Waals surface area contributed by atoms with Gasteiger partial charge in [0.25, 0.3) is 0 Å². The van der Waals surface area contributed by atoms with Crippen LogP contribution in [0.3, 0.4) is 0 Å². The third kappa shape index (κ3) is 2.56. The van der Waals surface area contributed by atoms with Gasteiger partial charge in [0, 0.05) is 28.9 Å². The van der Waals surface area contributed by atoms with Crippen molar-refractivity contribution in [3.63, 3.8) is 0 Å². The number of methoxy groups -OCH3 is 1. The minimum Gasteiger partial charge on any atom is -0.496 e. The molecule has 3 nitrogen and oxygen atoms in total. The van der Waals surface area contributed by atoms with E-state index in [2.05, 4.69) is 4.98 Å². The molecule has 1 aromatic heterocycles. The monoisotopic (exact) mass is 230 g/mol. The molecular formula is C14H18N2O. The number of aromatic nitrogens is 1. The van der Waals surface area contributed by atoms with E-state index in [0.29, 0.717) is 0 Å². The average molecular weight is 230 g/mol. The molecule has 2 aromatic rings. The first kappa shape index (κ1) is 11.9. The van der Waals surface area contributed by atoms with Crippen LogP contribution < -0.4 is 10.5 Å². The lowest BCUT2D eigenvalue weighted by Crippen LogP contribution is -2.34. The maximum absolute atomic E-state index is 6.11. The summed E-state index contributed by atoms with van der Waals surface area (Å²) < 4.78 is 5.42. The summed E-state index contributed by atoms with van der Waals surface area (Å²) in [6.45, 7) is 4.03. The molecule has 90 valence electrons. The lowest BCUT2D eigenvalue weighted by Gasteiger charge is -2.21. The number of hydrogen-bond acceptors (Lipinski definition) is 3. The van der Waals surface area contributed by atoms with E-state index in [0.717, 1.165) is 23.1 Å². The lowest BCUT2D eigenvalue weighted by molar-refractivity contribution is 0.403. The maximum Gasteiger partial charge on any atom is 0.122 e. The highest BCUT2D eigenvalue weighted by atomic mass is 16.5. The van der Waals surface area contributed by atoms with Gasteiger partial charge in [-0.3, -0.25) is 4.98 Å². The van der Waals surface area contributed by atoms with Gasteiger partial charge in [-0.1, -0.05) is 6.07 Å². The quantitative estimate of drug-likeness (QED) is 0.881. The molecule has 0 saturated carbocycles. The maximum atomic E-state index is 6.11. The summed E-state index contributed by atoms with van der Waals surface area (Å²) in [4.78, 5) is 4.18. The van der Waals surface area contributed by atoms with Crippen LogP contribution >= 0.6 is 0 Å². The van der Waals surface area contributed by atoms with Crippen molar-refractivity contribution in [3.05, 3.63) is 36.2 Å². The molecule has 1 heterocycles. The van der Waals surface area contributed by atoms with Crippen molar-refractivity contribution in [2.24, 2.45) is 5.73 Å². The normalized spacial score (nSPS) is 11.8. The first-order valence-electron chi connectivity index (χ1n) is 5.70. The molecular weight excluding hydrogens is 212 g/mol. The molecule has 1 aromatic carbocycles. The predicted octanol–water partition coefficient (Wildman–Crippen LogP) is 2.52. The molecule has 0 fully saturated rings. The minimum absolute atomic E-state index is 0.266. The van der Waals surface area contributed by atoms with Crippen LogP contribution in [0.15, 0.2) is 30.6 Å².